The van der Waals surface area contributed by atoms with Crippen molar-refractivity contribution < 1.29 is 0 Å². The van der Waals surface area contributed by atoms with Crippen LogP contribution in [0.3, 0.4) is 0 Å². The number of nitrogens with one attached hydrogen (secondary N) is 1. The van der Waals surface area contributed by atoms with Crippen LogP contribution < -0.4 is 10.2 Å². The van der Waals surface area contributed by atoms with E-state index < -0.39 is 0 Å². The number of aromatic nitrogens is 4. The number of rotatable bonds is 6. The van der Waals surface area contributed by atoms with Crippen molar-refractivity contribution in [3.05, 3.63) is 45.5 Å². The summed E-state index contributed by atoms with van der Waals surface area (Å²) in [6.45, 7) is 9.33. The average molecular weight is 473 g/mol. The third-order valence-corrected chi connectivity index (χ3v) is 5.41. The first kappa shape index (κ1) is 23.8. The van der Waals surface area contributed by atoms with E-state index in [0.717, 1.165) is 28.8 Å². The highest BCUT2D eigenvalue weighted by molar-refractivity contribution is 6.33. The number of nitriles is 1. The number of pyridine rings is 2. The van der Waals surface area contributed by atoms with Crippen LogP contribution in [-0.4, -0.2) is 32.3 Å². The number of hydrogen-bond donors (Lipinski definition) is 1. The van der Waals surface area contributed by atoms with Crippen LogP contribution >= 0.6 is 23.2 Å². The molecule has 0 saturated heterocycles. The number of aryl methyl sites for hydroxylation is 2. The Kier molecular flexibility index (Phi) is 7.54. The molecule has 0 spiro atoms. The minimum absolute atomic E-state index is 0.269. The van der Waals surface area contributed by atoms with Crippen LogP contribution in [0.2, 0.25) is 10.3 Å². The zero-order chi connectivity index (χ0) is 23.4. The van der Waals surface area contributed by atoms with Crippen molar-refractivity contribution in [1.82, 2.24) is 25.1 Å². The van der Waals surface area contributed by atoms with E-state index in [9.17, 15) is 5.26 Å². The van der Waals surface area contributed by atoms with Gasteiger partial charge in [-0.15, -0.1) is 4.99 Å². The Balaban J connectivity index is 1.96. The van der Waals surface area contributed by atoms with Gasteiger partial charge >= 0.3 is 0 Å². The lowest BCUT2D eigenvalue weighted by molar-refractivity contribution is 0.764. The molecule has 0 fully saturated rings. The Labute approximate surface area is 197 Å². The molecule has 0 aromatic carbocycles. The molecule has 0 aliphatic carbocycles. The van der Waals surface area contributed by atoms with E-state index in [2.05, 4.69) is 40.3 Å². The first-order valence-electron chi connectivity index (χ1n) is 10.4. The maximum Gasteiger partial charge on any atom is 0.214 e. The van der Waals surface area contributed by atoms with E-state index in [1.807, 2.05) is 32.0 Å². The van der Waals surface area contributed by atoms with Crippen LogP contribution in [0.15, 0.2) is 23.2 Å². The largest absolute Gasteiger partial charge is 0.349 e. The molecule has 0 atom stereocenters. The molecular weight excluding hydrogens is 447 g/mol. The van der Waals surface area contributed by atoms with Crippen molar-refractivity contribution in [2.24, 2.45) is 12.0 Å². The highest BCUT2D eigenvalue weighted by atomic mass is 35.5. The number of aliphatic imine (C=N–C) groups is 1. The van der Waals surface area contributed by atoms with Crippen LogP contribution in [-0.2, 0) is 13.6 Å². The van der Waals surface area contributed by atoms with Gasteiger partial charge in [0.15, 0.2) is 5.65 Å². The van der Waals surface area contributed by atoms with Gasteiger partial charge in [-0.3, -0.25) is 4.68 Å². The molecule has 0 amide bonds. The van der Waals surface area contributed by atoms with Gasteiger partial charge in [0.1, 0.15) is 10.3 Å². The minimum atomic E-state index is 0.269. The summed E-state index contributed by atoms with van der Waals surface area (Å²) < 4.78 is 1.80. The first-order valence-corrected chi connectivity index (χ1v) is 11.1. The molecule has 0 unspecified atom stereocenters. The fraction of sp³-hybridized carbons (Fsp3) is 0.409. The van der Waals surface area contributed by atoms with Crippen molar-refractivity contribution in [3.8, 4) is 6.19 Å². The molecule has 0 aliphatic rings. The van der Waals surface area contributed by atoms with Gasteiger partial charge in [0, 0.05) is 24.7 Å². The molecule has 10 heteroatoms. The van der Waals surface area contributed by atoms with Gasteiger partial charge in [0.25, 0.3) is 0 Å². The van der Waals surface area contributed by atoms with Gasteiger partial charge in [0.2, 0.25) is 12.2 Å². The van der Waals surface area contributed by atoms with Crippen molar-refractivity contribution in [2.75, 3.05) is 11.4 Å². The maximum atomic E-state index is 9.31. The molecule has 0 saturated carbocycles. The number of guanidine groups is 1. The average Bonchev–Trinajstić information content (AvgIpc) is 3.01. The third kappa shape index (κ3) is 5.12. The van der Waals surface area contributed by atoms with E-state index in [1.165, 1.54) is 5.56 Å². The zero-order valence-electron chi connectivity index (χ0n) is 18.8. The van der Waals surface area contributed by atoms with Crippen LogP contribution in [0.4, 0.5) is 5.69 Å². The fourth-order valence-electron chi connectivity index (χ4n) is 3.68. The molecular formula is C22H26Cl2N8. The number of nitrogens with zero attached hydrogens (tertiary/aromatic N) is 7. The summed E-state index contributed by atoms with van der Waals surface area (Å²) in [5.74, 6) is 0.703. The fourth-order valence-corrected chi connectivity index (χ4v) is 4.13. The summed E-state index contributed by atoms with van der Waals surface area (Å²) in [7, 11) is 1.89. The predicted molar refractivity (Wildman–Crippen MR) is 129 cm³/mol. The molecule has 0 radical (unpaired) electrons. The van der Waals surface area contributed by atoms with Gasteiger partial charge in [-0.2, -0.15) is 10.4 Å². The second-order valence-corrected chi connectivity index (χ2v) is 8.55. The van der Waals surface area contributed by atoms with Gasteiger partial charge < -0.3 is 10.2 Å². The number of halogens is 2. The Hall–Kier alpha value is -2.89. The van der Waals surface area contributed by atoms with Gasteiger partial charge in [-0.25, -0.2) is 9.97 Å². The number of hydrogen-bond acceptors (Lipinski definition) is 5. The minimum Gasteiger partial charge on any atom is -0.349 e. The summed E-state index contributed by atoms with van der Waals surface area (Å²) in [6, 6.07) is 5.47. The Bertz CT molecular complexity index is 1170. The Morgan fingerprint density at radius 3 is 2.53 bits per heavy atom. The number of anilines is 1. The topological polar surface area (TPSA) is 95.0 Å². The Morgan fingerprint density at radius 1 is 1.25 bits per heavy atom. The van der Waals surface area contributed by atoms with E-state index in [4.69, 9.17) is 28.2 Å². The summed E-state index contributed by atoms with van der Waals surface area (Å²) in [4.78, 5) is 14.7. The van der Waals surface area contributed by atoms with Gasteiger partial charge in [-0.1, -0.05) is 44.0 Å². The van der Waals surface area contributed by atoms with Crippen LogP contribution in [0.1, 0.15) is 50.1 Å². The summed E-state index contributed by atoms with van der Waals surface area (Å²) >= 11 is 12.2. The van der Waals surface area contributed by atoms with E-state index in [0.29, 0.717) is 30.7 Å². The van der Waals surface area contributed by atoms with E-state index in [-0.39, 0.29) is 10.3 Å². The zero-order valence-corrected chi connectivity index (χ0v) is 20.3. The van der Waals surface area contributed by atoms with Crippen molar-refractivity contribution >= 4 is 45.9 Å². The Morgan fingerprint density at radius 2 is 1.94 bits per heavy atom. The molecule has 0 aliphatic heterocycles. The molecule has 0 bridgehead atoms. The van der Waals surface area contributed by atoms with Crippen molar-refractivity contribution in [2.45, 2.75) is 46.6 Å². The second-order valence-electron chi connectivity index (χ2n) is 7.78. The van der Waals surface area contributed by atoms with E-state index >= 15 is 0 Å². The summed E-state index contributed by atoms with van der Waals surface area (Å²) in [5.41, 5.74) is 4.52. The smallest absolute Gasteiger partial charge is 0.214 e. The highest BCUT2D eigenvalue weighted by Crippen LogP contribution is 2.28. The number of fused-ring (bicyclic) bond motifs is 1. The maximum absolute atomic E-state index is 9.31. The molecule has 3 heterocycles. The second kappa shape index (κ2) is 10.2. The molecule has 3 rings (SSSR count). The highest BCUT2D eigenvalue weighted by Gasteiger charge is 2.18. The van der Waals surface area contributed by atoms with Crippen LogP contribution in [0.25, 0.3) is 11.0 Å². The molecule has 1 N–H and O–H groups in total. The predicted octanol–water partition coefficient (Wildman–Crippen LogP) is 4.95. The molecule has 3 aromatic rings. The van der Waals surface area contributed by atoms with Crippen molar-refractivity contribution in [1.29, 1.82) is 5.26 Å². The van der Waals surface area contributed by atoms with Gasteiger partial charge in [0.05, 0.1) is 17.9 Å². The lowest BCUT2D eigenvalue weighted by atomic mass is 9.99. The standard InChI is InChI=1S/C22H26Cl2N8/c1-6-7-32(16-9-18(23)29-19(24)10-16)22(27-12-25)26-11-15-8-17(13(2)3)20-14(4)30-31(5)21(20)28-15/h8-10,13H,6-7,11H2,1-5H3,(H,26,27). The summed E-state index contributed by atoms with van der Waals surface area (Å²) in [6.07, 6.45) is 2.70. The van der Waals surface area contributed by atoms with E-state index in [1.54, 1.807) is 16.8 Å². The molecule has 8 nitrogen and oxygen atoms in total. The quantitative estimate of drug-likeness (QED) is 0.236. The molecule has 3 aromatic heterocycles. The van der Waals surface area contributed by atoms with Gasteiger partial charge in [-0.05, 0) is 43.0 Å². The van der Waals surface area contributed by atoms with Crippen LogP contribution in [0.5, 0.6) is 0 Å². The lowest BCUT2D eigenvalue weighted by Gasteiger charge is -2.26. The first-order chi connectivity index (χ1) is 15.2. The molecule has 32 heavy (non-hydrogen) atoms. The monoisotopic (exact) mass is 472 g/mol. The summed E-state index contributed by atoms with van der Waals surface area (Å²) in [5, 5.41) is 18.7. The van der Waals surface area contributed by atoms with Crippen LogP contribution in [0, 0.1) is 18.4 Å². The third-order valence-electron chi connectivity index (χ3n) is 5.02. The normalized spacial score (nSPS) is 11.8. The van der Waals surface area contributed by atoms with Crippen molar-refractivity contribution in [3.63, 3.8) is 0 Å². The lowest BCUT2D eigenvalue weighted by Crippen LogP contribution is -2.42. The molecule has 168 valence electrons. The SMILES string of the molecule is CCCN(/C(=N/C#N)NCc1cc(C(C)C)c2c(C)nn(C)c2n1)c1cc(Cl)nc(Cl)c1.